The van der Waals surface area contributed by atoms with Crippen molar-refractivity contribution >= 4 is 0 Å². The number of hydrogen-bond donors (Lipinski definition) is 1. The van der Waals surface area contributed by atoms with Crippen molar-refractivity contribution in [3.63, 3.8) is 0 Å². The maximum absolute atomic E-state index is 13.9. The topological polar surface area (TPSA) is 32.5 Å². The summed E-state index contributed by atoms with van der Waals surface area (Å²) in [6.07, 6.45) is 0. The van der Waals surface area contributed by atoms with Gasteiger partial charge < -0.3 is 10.6 Å². The number of nitrogens with two attached hydrogens (primary N) is 1. The Morgan fingerprint density at radius 1 is 1.33 bits per heavy atom. The number of halogens is 1. The minimum absolute atomic E-state index is 0.167. The number of likely N-dealkylation sites (N-methyl/N-ethyl adjacent to an activating group) is 2. The smallest absolute Gasteiger partial charge is 0.128 e. The van der Waals surface area contributed by atoms with Crippen LogP contribution in [-0.4, -0.2) is 49.6 Å². The molecule has 2 N–H and O–H groups in total. The molecule has 0 bridgehead atoms. The molecule has 3 nitrogen and oxygen atoms in total. The van der Waals surface area contributed by atoms with Crippen LogP contribution in [0, 0.1) is 12.7 Å². The van der Waals surface area contributed by atoms with E-state index >= 15 is 0 Å². The lowest BCUT2D eigenvalue weighted by Crippen LogP contribution is -2.54. The van der Waals surface area contributed by atoms with Crippen LogP contribution in [0.15, 0.2) is 18.2 Å². The van der Waals surface area contributed by atoms with E-state index in [1.165, 1.54) is 6.07 Å². The molecule has 4 heteroatoms. The molecule has 100 valence electrons. The van der Waals surface area contributed by atoms with Crippen LogP contribution in [0.1, 0.15) is 17.2 Å². The molecule has 0 aromatic heterocycles. The van der Waals surface area contributed by atoms with E-state index < -0.39 is 0 Å². The Bertz CT molecular complexity index is 422. The van der Waals surface area contributed by atoms with Crippen LogP contribution in [0.3, 0.4) is 0 Å². The van der Waals surface area contributed by atoms with Gasteiger partial charge in [0.15, 0.2) is 0 Å². The van der Waals surface area contributed by atoms with Crippen molar-refractivity contribution in [2.24, 2.45) is 5.73 Å². The minimum atomic E-state index is -0.280. The molecule has 1 aliphatic rings. The Kier molecular flexibility index (Phi) is 4.00. The van der Waals surface area contributed by atoms with E-state index in [-0.39, 0.29) is 17.9 Å². The minimum Gasteiger partial charge on any atom is -0.323 e. The molecule has 18 heavy (non-hydrogen) atoms. The van der Waals surface area contributed by atoms with Crippen molar-refractivity contribution in [3.8, 4) is 0 Å². The zero-order chi connectivity index (χ0) is 13.3. The highest BCUT2D eigenvalue weighted by Crippen LogP contribution is 2.24. The highest BCUT2D eigenvalue weighted by atomic mass is 19.1. The van der Waals surface area contributed by atoms with Crippen molar-refractivity contribution in [2.75, 3.05) is 33.7 Å². The van der Waals surface area contributed by atoms with E-state index in [1.54, 1.807) is 6.07 Å². The molecular formula is C14H22FN3. The predicted molar refractivity (Wildman–Crippen MR) is 72.0 cm³/mol. The van der Waals surface area contributed by atoms with Crippen LogP contribution in [0.5, 0.6) is 0 Å². The average molecular weight is 251 g/mol. The lowest BCUT2D eigenvalue weighted by atomic mass is 9.95. The first kappa shape index (κ1) is 13.5. The highest BCUT2D eigenvalue weighted by Gasteiger charge is 2.29. The SMILES string of the molecule is Cc1ccc(F)c(C(N)C2CN(C)CCN2C)c1. The summed E-state index contributed by atoms with van der Waals surface area (Å²) in [4.78, 5) is 4.48. The van der Waals surface area contributed by atoms with Gasteiger partial charge in [-0.05, 0) is 27.1 Å². The molecule has 2 atom stereocenters. The number of benzene rings is 1. The molecule has 0 amide bonds. The van der Waals surface area contributed by atoms with Crippen LogP contribution in [0.2, 0.25) is 0 Å². The molecule has 1 heterocycles. The fraction of sp³-hybridized carbons (Fsp3) is 0.571. The second-order valence-electron chi connectivity index (χ2n) is 5.36. The third kappa shape index (κ3) is 2.71. The number of piperazine rings is 1. The first-order chi connectivity index (χ1) is 8.49. The molecule has 1 aromatic rings. The molecule has 1 fully saturated rings. The number of aryl methyl sites for hydroxylation is 1. The summed E-state index contributed by atoms with van der Waals surface area (Å²) < 4.78 is 13.9. The maximum atomic E-state index is 13.9. The molecular weight excluding hydrogens is 229 g/mol. The predicted octanol–water partition coefficient (Wildman–Crippen LogP) is 1.38. The Balaban J connectivity index is 2.23. The summed E-state index contributed by atoms with van der Waals surface area (Å²) >= 11 is 0. The zero-order valence-electron chi connectivity index (χ0n) is 11.4. The van der Waals surface area contributed by atoms with Gasteiger partial charge in [0.25, 0.3) is 0 Å². The van der Waals surface area contributed by atoms with Gasteiger partial charge in [0.1, 0.15) is 5.82 Å². The van der Waals surface area contributed by atoms with Crippen molar-refractivity contribution < 1.29 is 4.39 Å². The van der Waals surface area contributed by atoms with E-state index in [2.05, 4.69) is 23.9 Å². The molecule has 1 aliphatic heterocycles. The normalized spacial score (nSPS) is 24.2. The molecule has 2 unspecified atom stereocenters. The second kappa shape index (κ2) is 5.34. The van der Waals surface area contributed by atoms with Crippen LogP contribution >= 0.6 is 0 Å². The Labute approximate surface area is 108 Å². The molecule has 0 aliphatic carbocycles. The van der Waals surface area contributed by atoms with Crippen molar-refractivity contribution in [1.29, 1.82) is 0 Å². The lowest BCUT2D eigenvalue weighted by Gasteiger charge is -2.40. The molecule has 0 radical (unpaired) electrons. The summed E-state index contributed by atoms with van der Waals surface area (Å²) in [5.74, 6) is -0.199. The van der Waals surface area contributed by atoms with Gasteiger partial charge in [-0.1, -0.05) is 17.7 Å². The third-order valence-corrected chi connectivity index (χ3v) is 3.82. The quantitative estimate of drug-likeness (QED) is 0.862. The molecule has 2 rings (SSSR count). The summed E-state index contributed by atoms with van der Waals surface area (Å²) in [5, 5.41) is 0. The van der Waals surface area contributed by atoms with Gasteiger partial charge in [-0.3, -0.25) is 4.90 Å². The van der Waals surface area contributed by atoms with E-state index in [1.807, 2.05) is 13.0 Å². The monoisotopic (exact) mass is 251 g/mol. The average Bonchev–Trinajstić information content (AvgIpc) is 2.34. The highest BCUT2D eigenvalue weighted by molar-refractivity contribution is 5.28. The van der Waals surface area contributed by atoms with Crippen LogP contribution < -0.4 is 5.73 Å². The molecule has 1 aromatic carbocycles. The van der Waals surface area contributed by atoms with Crippen LogP contribution in [-0.2, 0) is 0 Å². The summed E-state index contributed by atoms with van der Waals surface area (Å²) in [6, 6.07) is 5.04. The second-order valence-corrected chi connectivity index (χ2v) is 5.36. The van der Waals surface area contributed by atoms with Crippen LogP contribution in [0.25, 0.3) is 0 Å². The van der Waals surface area contributed by atoms with Gasteiger partial charge in [0.05, 0.1) is 0 Å². The summed E-state index contributed by atoms with van der Waals surface area (Å²) in [5.41, 5.74) is 7.96. The third-order valence-electron chi connectivity index (χ3n) is 3.82. The van der Waals surface area contributed by atoms with E-state index in [0.29, 0.717) is 5.56 Å². The number of hydrogen-bond acceptors (Lipinski definition) is 3. The number of nitrogens with zero attached hydrogens (tertiary/aromatic N) is 2. The standard InChI is InChI=1S/C14H22FN3/c1-10-4-5-12(15)11(8-10)14(16)13-9-17(2)6-7-18(13)3/h4-5,8,13-14H,6-7,9,16H2,1-3H3. The largest absolute Gasteiger partial charge is 0.323 e. The Hall–Kier alpha value is -0.970. The van der Waals surface area contributed by atoms with E-state index in [0.717, 1.165) is 25.2 Å². The Morgan fingerprint density at radius 2 is 2.06 bits per heavy atom. The first-order valence-electron chi connectivity index (χ1n) is 6.39. The lowest BCUT2D eigenvalue weighted by molar-refractivity contribution is 0.0966. The van der Waals surface area contributed by atoms with Gasteiger partial charge in [0.2, 0.25) is 0 Å². The molecule has 1 saturated heterocycles. The van der Waals surface area contributed by atoms with Gasteiger partial charge in [-0.2, -0.15) is 0 Å². The number of rotatable bonds is 2. The van der Waals surface area contributed by atoms with Gasteiger partial charge in [-0.15, -0.1) is 0 Å². The van der Waals surface area contributed by atoms with Gasteiger partial charge in [-0.25, -0.2) is 4.39 Å². The fourth-order valence-corrected chi connectivity index (χ4v) is 2.56. The van der Waals surface area contributed by atoms with Gasteiger partial charge >= 0.3 is 0 Å². The summed E-state index contributed by atoms with van der Waals surface area (Å²) in [7, 11) is 4.14. The van der Waals surface area contributed by atoms with Crippen molar-refractivity contribution in [1.82, 2.24) is 9.80 Å². The maximum Gasteiger partial charge on any atom is 0.128 e. The molecule has 0 spiro atoms. The van der Waals surface area contributed by atoms with Gasteiger partial charge in [0, 0.05) is 37.3 Å². The van der Waals surface area contributed by atoms with Crippen LogP contribution in [0.4, 0.5) is 4.39 Å². The molecule has 0 saturated carbocycles. The van der Waals surface area contributed by atoms with E-state index in [9.17, 15) is 4.39 Å². The van der Waals surface area contributed by atoms with Crippen molar-refractivity contribution in [3.05, 3.63) is 35.1 Å². The fourth-order valence-electron chi connectivity index (χ4n) is 2.56. The first-order valence-corrected chi connectivity index (χ1v) is 6.39. The van der Waals surface area contributed by atoms with Crippen molar-refractivity contribution in [2.45, 2.75) is 19.0 Å². The zero-order valence-corrected chi connectivity index (χ0v) is 11.4. The summed E-state index contributed by atoms with van der Waals surface area (Å²) in [6.45, 7) is 4.86. The van der Waals surface area contributed by atoms with E-state index in [4.69, 9.17) is 5.73 Å². The Morgan fingerprint density at radius 3 is 2.78 bits per heavy atom.